The molecule has 0 bridgehead atoms. The lowest BCUT2D eigenvalue weighted by Crippen LogP contribution is -2.44. The molecular formula is C13H18N2O5. The summed E-state index contributed by atoms with van der Waals surface area (Å²) < 4.78 is 5.02. The van der Waals surface area contributed by atoms with Gasteiger partial charge < -0.3 is 15.2 Å². The van der Waals surface area contributed by atoms with Crippen molar-refractivity contribution in [3.05, 3.63) is 33.9 Å². The van der Waals surface area contributed by atoms with Crippen molar-refractivity contribution in [2.24, 2.45) is 0 Å². The Morgan fingerprint density at radius 1 is 1.50 bits per heavy atom. The number of ether oxygens (including phenoxy) is 1. The largest absolute Gasteiger partial charge is 0.496 e. The lowest BCUT2D eigenvalue weighted by Gasteiger charge is -2.25. The Kier molecular flexibility index (Phi) is 5.04. The number of hydrogen-bond donors (Lipinski definition) is 2. The molecule has 0 saturated carbocycles. The number of carbonyl (C=O) groups is 1. The zero-order valence-corrected chi connectivity index (χ0v) is 11.7. The third kappa shape index (κ3) is 3.92. The lowest BCUT2D eigenvalue weighted by molar-refractivity contribution is -0.384. The van der Waals surface area contributed by atoms with Gasteiger partial charge in [0.25, 0.3) is 11.6 Å². The molecule has 7 nitrogen and oxygen atoms in total. The molecule has 110 valence electrons. The summed E-state index contributed by atoms with van der Waals surface area (Å²) in [5.41, 5.74) is -0.518. The highest BCUT2D eigenvalue weighted by molar-refractivity contribution is 5.97. The Bertz CT molecular complexity index is 513. The lowest BCUT2D eigenvalue weighted by atomic mass is 10.0. The van der Waals surface area contributed by atoms with Gasteiger partial charge in [-0.05, 0) is 26.3 Å². The maximum absolute atomic E-state index is 12.2. The molecular weight excluding hydrogens is 264 g/mol. The van der Waals surface area contributed by atoms with Crippen LogP contribution in [0.15, 0.2) is 18.2 Å². The molecule has 0 unspecified atom stereocenters. The number of nitro groups is 1. The van der Waals surface area contributed by atoms with Gasteiger partial charge in [0.2, 0.25) is 0 Å². The van der Waals surface area contributed by atoms with E-state index >= 15 is 0 Å². The average molecular weight is 282 g/mol. The van der Waals surface area contributed by atoms with Crippen LogP contribution < -0.4 is 10.1 Å². The van der Waals surface area contributed by atoms with Crippen LogP contribution in [0.3, 0.4) is 0 Å². The monoisotopic (exact) mass is 282 g/mol. The second kappa shape index (κ2) is 6.33. The van der Waals surface area contributed by atoms with Gasteiger partial charge in [0.15, 0.2) is 0 Å². The molecule has 1 aromatic rings. The highest BCUT2D eigenvalue weighted by Gasteiger charge is 2.23. The number of hydrogen-bond acceptors (Lipinski definition) is 5. The summed E-state index contributed by atoms with van der Waals surface area (Å²) in [5.74, 6) is -0.272. The van der Waals surface area contributed by atoms with E-state index in [2.05, 4.69) is 5.32 Å². The molecule has 0 aliphatic carbocycles. The van der Waals surface area contributed by atoms with Crippen molar-refractivity contribution >= 4 is 11.6 Å². The fourth-order valence-corrected chi connectivity index (χ4v) is 1.70. The van der Waals surface area contributed by atoms with Crippen molar-refractivity contribution in [3.8, 4) is 5.75 Å². The van der Waals surface area contributed by atoms with Crippen molar-refractivity contribution in [1.29, 1.82) is 0 Å². The van der Waals surface area contributed by atoms with Gasteiger partial charge in [-0.3, -0.25) is 14.9 Å². The molecule has 0 spiro atoms. The number of non-ortho nitro benzene ring substituents is 1. The van der Waals surface area contributed by atoms with Crippen molar-refractivity contribution in [3.63, 3.8) is 0 Å². The third-order valence-electron chi connectivity index (χ3n) is 2.83. The van der Waals surface area contributed by atoms with Crippen LogP contribution in [-0.4, -0.2) is 35.2 Å². The van der Waals surface area contributed by atoms with Crippen molar-refractivity contribution in [2.45, 2.75) is 25.8 Å². The van der Waals surface area contributed by atoms with Gasteiger partial charge in [0.05, 0.1) is 23.7 Å². The van der Waals surface area contributed by atoms with Crippen LogP contribution in [0.4, 0.5) is 5.69 Å². The Balaban J connectivity index is 3.01. The van der Waals surface area contributed by atoms with Gasteiger partial charge in [-0.1, -0.05) is 0 Å². The van der Waals surface area contributed by atoms with E-state index in [1.165, 1.54) is 25.3 Å². The first-order valence-corrected chi connectivity index (χ1v) is 6.06. The number of benzene rings is 1. The smallest absolute Gasteiger partial charge is 0.273 e. The van der Waals surface area contributed by atoms with E-state index in [1.807, 2.05) is 0 Å². The van der Waals surface area contributed by atoms with Crippen molar-refractivity contribution < 1.29 is 19.6 Å². The van der Waals surface area contributed by atoms with E-state index < -0.39 is 16.4 Å². The number of aliphatic hydroxyl groups is 1. The quantitative estimate of drug-likeness (QED) is 0.608. The maximum Gasteiger partial charge on any atom is 0.273 e. The van der Waals surface area contributed by atoms with Gasteiger partial charge in [-0.15, -0.1) is 0 Å². The average Bonchev–Trinajstić information content (AvgIpc) is 2.36. The molecule has 2 N–H and O–H groups in total. The second-order valence-corrected chi connectivity index (χ2v) is 4.95. The molecule has 0 aliphatic rings. The first-order valence-electron chi connectivity index (χ1n) is 6.06. The van der Waals surface area contributed by atoms with Crippen molar-refractivity contribution in [2.75, 3.05) is 13.7 Å². The number of methoxy groups -OCH3 is 1. The molecule has 1 rings (SSSR count). The predicted octanol–water partition coefficient (Wildman–Crippen LogP) is 1.49. The molecule has 20 heavy (non-hydrogen) atoms. The topological polar surface area (TPSA) is 102 Å². The van der Waals surface area contributed by atoms with Crippen LogP contribution in [0.1, 0.15) is 30.6 Å². The minimum atomic E-state index is -0.585. The minimum absolute atomic E-state index is 0.0509. The molecule has 0 saturated heterocycles. The van der Waals surface area contributed by atoms with E-state index in [4.69, 9.17) is 9.84 Å². The molecule has 1 amide bonds. The number of carbonyl (C=O) groups excluding carboxylic acids is 1. The number of aliphatic hydroxyl groups excluding tert-OH is 1. The molecule has 0 aromatic heterocycles. The minimum Gasteiger partial charge on any atom is -0.496 e. The van der Waals surface area contributed by atoms with Gasteiger partial charge in [0.1, 0.15) is 5.75 Å². The Morgan fingerprint density at radius 2 is 2.15 bits per heavy atom. The normalized spacial score (nSPS) is 11.0. The predicted molar refractivity (Wildman–Crippen MR) is 72.9 cm³/mol. The molecule has 0 fully saturated rings. The van der Waals surface area contributed by atoms with Gasteiger partial charge in [-0.2, -0.15) is 0 Å². The summed E-state index contributed by atoms with van der Waals surface area (Å²) in [7, 11) is 1.34. The van der Waals surface area contributed by atoms with Crippen LogP contribution in [0.5, 0.6) is 5.75 Å². The summed E-state index contributed by atoms with van der Waals surface area (Å²) in [6, 6.07) is 3.80. The second-order valence-electron chi connectivity index (χ2n) is 4.95. The number of nitrogens with zero attached hydrogens (tertiary/aromatic N) is 1. The van der Waals surface area contributed by atoms with Crippen LogP contribution in [0.25, 0.3) is 0 Å². The molecule has 0 heterocycles. The first-order chi connectivity index (χ1) is 9.30. The fraction of sp³-hybridized carbons (Fsp3) is 0.462. The van der Waals surface area contributed by atoms with E-state index in [-0.39, 0.29) is 23.6 Å². The van der Waals surface area contributed by atoms with Crippen molar-refractivity contribution in [1.82, 2.24) is 5.32 Å². The Hall–Kier alpha value is -2.15. The van der Waals surface area contributed by atoms with Crippen LogP contribution in [0, 0.1) is 10.1 Å². The van der Waals surface area contributed by atoms with Gasteiger partial charge in [-0.25, -0.2) is 0 Å². The highest BCUT2D eigenvalue weighted by atomic mass is 16.6. The highest BCUT2D eigenvalue weighted by Crippen LogP contribution is 2.25. The van der Waals surface area contributed by atoms with E-state index in [9.17, 15) is 14.9 Å². The summed E-state index contributed by atoms with van der Waals surface area (Å²) in [6.45, 7) is 3.50. The summed E-state index contributed by atoms with van der Waals surface area (Å²) >= 11 is 0. The SMILES string of the molecule is COc1cc([N+](=O)[O-])ccc1C(=O)NC(C)(C)CCO. The molecule has 7 heteroatoms. The summed E-state index contributed by atoms with van der Waals surface area (Å²) in [5, 5.41) is 22.4. The number of nitrogens with one attached hydrogen (secondary N) is 1. The number of amides is 1. The molecule has 0 atom stereocenters. The molecule has 0 radical (unpaired) electrons. The van der Waals surface area contributed by atoms with Crippen LogP contribution in [0.2, 0.25) is 0 Å². The molecule has 0 aliphatic heterocycles. The number of rotatable bonds is 6. The first kappa shape index (κ1) is 15.9. The Labute approximate surface area is 116 Å². The van der Waals surface area contributed by atoms with Gasteiger partial charge >= 0.3 is 0 Å². The number of nitro benzene ring substituents is 1. The zero-order valence-electron chi connectivity index (χ0n) is 11.7. The maximum atomic E-state index is 12.2. The van der Waals surface area contributed by atoms with E-state index in [0.29, 0.717) is 6.42 Å². The standard InChI is InChI=1S/C13H18N2O5/c1-13(2,6-7-16)14-12(17)10-5-4-9(15(18)19)8-11(10)20-3/h4-5,8,16H,6-7H2,1-3H3,(H,14,17). The fourth-order valence-electron chi connectivity index (χ4n) is 1.70. The van der Waals surface area contributed by atoms with Crippen LogP contribution in [-0.2, 0) is 0 Å². The summed E-state index contributed by atoms with van der Waals surface area (Å²) in [6.07, 6.45) is 0.397. The zero-order chi connectivity index (χ0) is 15.3. The summed E-state index contributed by atoms with van der Waals surface area (Å²) in [4.78, 5) is 22.3. The third-order valence-corrected chi connectivity index (χ3v) is 2.83. The molecule has 1 aromatic carbocycles. The van der Waals surface area contributed by atoms with E-state index in [0.717, 1.165) is 0 Å². The van der Waals surface area contributed by atoms with Gasteiger partial charge in [0, 0.05) is 18.2 Å². The van der Waals surface area contributed by atoms with Crippen LogP contribution >= 0.6 is 0 Å². The Morgan fingerprint density at radius 3 is 2.65 bits per heavy atom. The van der Waals surface area contributed by atoms with E-state index in [1.54, 1.807) is 13.8 Å².